The van der Waals surface area contributed by atoms with Crippen molar-refractivity contribution in [2.24, 2.45) is 0 Å². The lowest BCUT2D eigenvalue weighted by Gasteiger charge is -2.25. The zero-order valence-corrected chi connectivity index (χ0v) is 14.4. The van der Waals surface area contributed by atoms with Crippen LogP contribution in [0.2, 0.25) is 0 Å². The molecule has 0 saturated heterocycles. The molecule has 132 valence electrons. The van der Waals surface area contributed by atoms with Crippen molar-refractivity contribution in [3.8, 4) is 5.75 Å². The minimum absolute atomic E-state index is 0.101. The third kappa shape index (κ3) is 2.47. The van der Waals surface area contributed by atoms with Gasteiger partial charge in [0.25, 0.3) is 5.91 Å². The summed E-state index contributed by atoms with van der Waals surface area (Å²) in [5, 5.41) is 10.3. The van der Waals surface area contributed by atoms with E-state index >= 15 is 0 Å². The number of phenolic OH excluding ortho intramolecular Hbond substituents is 1. The molecular weight excluding hydrogens is 330 g/mol. The van der Waals surface area contributed by atoms with Gasteiger partial charge in [0.15, 0.2) is 5.43 Å². The molecule has 0 fully saturated rings. The highest BCUT2D eigenvalue weighted by Crippen LogP contribution is 2.38. The van der Waals surface area contributed by atoms with Crippen LogP contribution in [-0.4, -0.2) is 22.5 Å². The smallest absolute Gasteiger partial charge is 0.290 e. The molecule has 0 radical (unpaired) electrons. The molecule has 0 spiro atoms. The van der Waals surface area contributed by atoms with Crippen molar-refractivity contribution in [2.75, 3.05) is 6.54 Å². The summed E-state index contributed by atoms with van der Waals surface area (Å²) in [6.45, 7) is 2.57. The molecular formula is C21H19NO4. The number of carbonyl (C=O) groups excluding carboxylic acids is 1. The first-order valence-electron chi connectivity index (χ1n) is 8.77. The van der Waals surface area contributed by atoms with Crippen molar-refractivity contribution in [3.05, 3.63) is 75.6 Å². The highest BCUT2D eigenvalue weighted by Gasteiger charge is 2.42. The number of phenols is 1. The van der Waals surface area contributed by atoms with Crippen LogP contribution in [0.25, 0.3) is 11.0 Å². The van der Waals surface area contributed by atoms with E-state index in [-0.39, 0.29) is 22.8 Å². The summed E-state index contributed by atoms with van der Waals surface area (Å²) in [7, 11) is 0. The summed E-state index contributed by atoms with van der Waals surface area (Å²) in [4.78, 5) is 27.8. The molecule has 1 aliphatic rings. The number of fused-ring (bicyclic) bond motifs is 2. The van der Waals surface area contributed by atoms with E-state index in [0.29, 0.717) is 28.6 Å². The van der Waals surface area contributed by atoms with Gasteiger partial charge in [0, 0.05) is 6.54 Å². The molecule has 3 aromatic rings. The van der Waals surface area contributed by atoms with Gasteiger partial charge in [-0.15, -0.1) is 0 Å². The van der Waals surface area contributed by atoms with Gasteiger partial charge in [-0.1, -0.05) is 37.6 Å². The molecule has 1 unspecified atom stereocenters. The van der Waals surface area contributed by atoms with Crippen LogP contribution in [0.3, 0.4) is 0 Å². The Balaban J connectivity index is 1.97. The second kappa shape index (κ2) is 6.33. The largest absolute Gasteiger partial charge is 0.508 e. The molecule has 5 heteroatoms. The number of para-hydroxylation sites is 1. The van der Waals surface area contributed by atoms with E-state index in [1.807, 2.05) is 6.07 Å². The number of amides is 1. The zero-order chi connectivity index (χ0) is 18.3. The van der Waals surface area contributed by atoms with E-state index in [1.54, 1.807) is 47.4 Å². The highest BCUT2D eigenvalue weighted by atomic mass is 16.3. The SMILES string of the molecule is CCCCN1C(=O)c2oc3ccccc3c(=O)c2C1c1cccc(O)c1. The molecule has 26 heavy (non-hydrogen) atoms. The van der Waals surface area contributed by atoms with Crippen molar-refractivity contribution in [1.82, 2.24) is 4.90 Å². The number of aromatic hydroxyl groups is 1. The Morgan fingerprint density at radius 3 is 2.69 bits per heavy atom. The molecule has 4 rings (SSSR count). The predicted octanol–water partition coefficient (Wildman–Crippen LogP) is 3.84. The number of unbranched alkanes of at least 4 members (excludes halogenated alkanes) is 1. The molecule has 1 N–H and O–H groups in total. The molecule has 1 aliphatic heterocycles. The van der Waals surface area contributed by atoms with Crippen LogP contribution in [0, 0.1) is 0 Å². The molecule has 5 nitrogen and oxygen atoms in total. The third-order valence-corrected chi connectivity index (χ3v) is 4.81. The fourth-order valence-electron chi connectivity index (χ4n) is 3.57. The molecule has 0 bridgehead atoms. The van der Waals surface area contributed by atoms with E-state index < -0.39 is 6.04 Å². The summed E-state index contributed by atoms with van der Waals surface area (Å²) >= 11 is 0. The topological polar surface area (TPSA) is 70.8 Å². The van der Waals surface area contributed by atoms with Crippen LogP contribution in [0.15, 0.2) is 57.7 Å². The lowest BCUT2D eigenvalue weighted by molar-refractivity contribution is 0.0725. The number of carbonyl (C=O) groups is 1. The van der Waals surface area contributed by atoms with E-state index in [9.17, 15) is 14.7 Å². The van der Waals surface area contributed by atoms with E-state index in [4.69, 9.17) is 4.42 Å². The number of hydrogen-bond acceptors (Lipinski definition) is 4. The normalized spacial score (nSPS) is 16.3. The summed E-state index contributed by atoms with van der Waals surface area (Å²) in [5.41, 5.74) is 1.28. The highest BCUT2D eigenvalue weighted by molar-refractivity contribution is 5.99. The lowest BCUT2D eigenvalue weighted by Crippen LogP contribution is -2.30. The Morgan fingerprint density at radius 1 is 1.12 bits per heavy atom. The Kier molecular flexibility index (Phi) is 3.99. The minimum Gasteiger partial charge on any atom is -0.508 e. The average molecular weight is 349 g/mol. The summed E-state index contributed by atoms with van der Waals surface area (Å²) in [6.07, 6.45) is 1.75. The van der Waals surface area contributed by atoms with E-state index in [0.717, 1.165) is 12.8 Å². The summed E-state index contributed by atoms with van der Waals surface area (Å²) in [5.74, 6) is -0.0631. The fraction of sp³-hybridized carbons (Fsp3) is 0.238. The monoisotopic (exact) mass is 349 g/mol. The van der Waals surface area contributed by atoms with Crippen molar-refractivity contribution < 1.29 is 14.3 Å². The summed E-state index contributed by atoms with van der Waals surface area (Å²) in [6, 6.07) is 13.1. The average Bonchev–Trinajstić information content (AvgIpc) is 2.93. The van der Waals surface area contributed by atoms with E-state index in [2.05, 4.69) is 6.92 Å². The van der Waals surface area contributed by atoms with Gasteiger partial charge >= 0.3 is 0 Å². The molecule has 1 atom stereocenters. The maximum atomic E-state index is 13.2. The first-order chi connectivity index (χ1) is 12.6. The van der Waals surface area contributed by atoms with Gasteiger partial charge < -0.3 is 14.4 Å². The van der Waals surface area contributed by atoms with Gasteiger partial charge in [0.2, 0.25) is 5.76 Å². The minimum atomic E-state index is -0.544. The summed E-state index contributed by atoms with van der Waals surface area (Å²) < 4.78 is 5.84. The predicted molar refractivity (Wildman–Crippen MR) is 98.4 cm³/mol. The van der Waals surface area contributed by atoms with Crippen LogP contribution in [0.5, 0.6) is 5.75 Å². The van der Waals surface area contributed by atoms with Crippen LogP contribution >= 0.6 is 0 Å². The van der Waals surface area contributed by atoms with Crippen molar-refractivity contribution >= 4 is 16.9 Å². The van der Waals surface area contributed by atoms with E-state index in [1.165, 1.54) is 0 Å². The maximum absolute atomic E-state index is 13.2. The Hall–Kier alpha value is -3.08. The van der Waals surface area contributed by atoms with Crippen molar-refractivity contribution in [3.63, 3.8) is 0 Å². The fourth-order valence-corrected chi connectivity index (χ4v) is 3.57. The van der Waals surface area contributed by atoms with Gasteiger partial charge in [0.05, 0.1) is 17.0 Å². The van der Waals surface area contributed by atoms with Gasteiger partial charge in [0.1, 0.15) is 11.3 Å². The van der Waals surface area contributed by atoms with Crippen LogP contribution in [0.1, 0.15) is 47.5 Å². The molecule has 1 amide bonds. The number of rotatable bonds is 4. The zero-order valence-electron chi connectivity index (χ0n) is 14.4. The first-order valence-corrected chi connectivity index (χ1v) is 8.77. The number of nitrogens with zero attached hydrogens (tertiary/aromatic N) is 1. The lowest BCUT2D eigenvalue weighted by atomic mass is 9.98. The Labute approximate surface area is 150 Å². The Morgan fingerprint density at radius 2 is 1.92 bits per heavy atom. The van der Waals surface area contributed by atoms with Crippen LogP contribution in [-0.2, 0) is 0 Å². The molecule has 1 aromatic heterocycles. The van der Waals surface area contributed by atoms with Gasteiger partial charge in [-0.3, -0.25) is 9.59 Å². The molecule has 2 heterocycles. The molecule has 0 aliphatic carbocycles. The van der Waals surface area contributed by atoms with Crippen LogP contribution < -0.4 is 5.43 Å². The van der Waals surface area contributed by atoms with Crippen molar-refractivity contribution in [1.29, 1.82) is 0 Å². The second-order valence-electron chi connectivity index (χ2n) is 6.52. The molecule has 2 aromatic carbocycles. The first kappa shape index (κ1) is 16.4. The standard InChI is InChI=1S/C21H19NO4/c1-2-3-11-22-18(13-7-6-8-14(23)12-13)17-19(24)15-9-4-5-10-16(15)26-20(17)21(22)25/h4-10,12,18,23H,2-3,11H2,1H3. The van der Waals surface area contributed by atoms with Gasteiger partial charge in [-0.05, 0) is 36.2 Å². The quantitative estimate of drug-likeness (QED) is 0.777. The second-order valence-corrected chi connectivity index (χ2v) is 6.52. The third-order valence-electron chi connectivity index (χ3n) is 4.81. The molecule has 0 saturated carbocycles. The van der Waals surface area contributed by atoms with Gasteiger partial charge in [-0.2, -0.15) is 0 Å². The number of hydrogen-bond donors (Lipinski definition) is 1. The number of benzene rings is 2. The van der Waals surface area contributed by atoms with Crippen LogP contribution in [0.4, 0.5) is 0 Å². The Bertz CT molecular complexity index is 1050. The maximum Gasteiger partial charge on any atom is 0.290 e. The van der Waals surface area contributed by atoms with Gasteiger partial charge in [-0.25, -0.2) is 0 Å². The van der Waals surface area contributed by atoms with Crippen molar-refractivity contribution in [2.45, 2.75) is 25.8 Å².